The normalized spacial score (nSPS) is 26.4. The summed E-state index contributed by atoms with van der Waals surface area (Å²) >= 11 is 11.0. The van der Waals surface area contributed by atoms with Gasteiger partial charge in [0.15, 0.2) is 5.11 Å². The highest BCUT2D eigenvalue weighted by atomic mass is 35.5. The summed E-state index contributed by atoms with van der Waals surface area (Å²) in [5.41, 5.74) is 5.91. The van der Waals surface area contributed by atoms with Gasteiger partial charge in [-0.05, 0) is 67.6 Å². The van der Waals surface area contributed by atoms with E-state index in [2.05, 4.69) is 16.2 Å². The number of benzene rings is 1. The summed E-state index contributed by atoms with van der Waals surface area (Å²) in [6, 6.07) is 7.17. The maximum atomic E-state index is 11.9. The van der Waals surface area contributed by atoms with Crippen LogP contribution in [-0.2, 0) is 0 Å². The van der Waals surface area contributed by atoms with Gasteiger partial charge in [-0.3, -0.25) is 15.6 Å². The molecule has 2 bridgehead atoms. The van der Waals surface area contributed by atoms with Gasteiger partial charge in [0.2, 0.25) is 0 Å². The Bertz CT molecular complexity index is 548. The molecule has 0 heterocycles. The van der Waals surface area contributed by atoms with Crippen LogP contribution in [0, 0.1) is 11.8 Å². The molecule has 0 unspecified atom stereocenters. The minimum absolute atomic E-state index is 0.233. The highest BCUT2D eigenvalue weighted by Gasteiger charge is 2.39. The Morgan fingerprint density at radius 1 is 1.14 bits per heavy atom. The number of nitrogens with one attached hydrogen (secondary N) is 3. The van der Waals surface area contributed by atoms with Gasteiger partial charge in [-0.25, -0.2) is 0 Å². The van der Waals surface area contributed by atoms with E-state index in [0.29, 0.717) is 21.7 Å². The van der Waals surface area contributed by atoms with E-state index in [9.17, 15) is 4.79 Å². The van der Waals surface area contributed by atoms with Crippen molar-refractivity contribution < 1.29 is 4.79 Å². The lowest BCUT2D eigenvalue weighted by atomic mass is 9.96. The second-order valence-corrected chi connectivity index (χ2v) is 6.69. The minimum atomic E-state index is -0.233. The molecule has 112 valence electrons. The van der Waals surface area contributed by atoms with Gasteiger partial charge in [0.05, 0.1) is 0 Å². The van der Waals surface area contributed by atoms with Gasteiger partial charge in [0.25, 0.3) is 5.91 Å². The molecule has 2 aliphatic carbocycles. The highest BCUT2D eigenvalue weighted by molar-refractivity contribution is 7.80. The first kappa shape index (κ1) is 14.6. The molecule has 6 heteroatoms. The number of amides is 1. The topological polar surface area (TPSA) is 53.2 Å². The van der Waals surface area contributed by atoms with Gasteiger partial charge in [-0.2, -0.15) is 0 Å². The molecule has 0 spiro atoms. The second-order valence-electron chi connectivity index (χ2n) is 5.84. The van der Waals surface area contributed by atoms with E-state index in [1.165, 1.54) is 25.7 Å². The first-order valence-corrected chi connectivity index (χ1v) is 8.03. The van der Waals surface area contributed by atoms with Crippen molar-refractivity contribution in [2.45, 2.75) is 31.7 Å². The van der Waals surface area contributed by atoms with Crippen molar-refractivity contribution in [1.82, 2.24) is 16.2 Å². The molecular formula is C15H18ClN3OS. The Hall–Kier alpha value is -1.33. The van der Waals surface area contributed by atoms with Crippen LogP contribution in [0.2, 0.25) is 5.02 Å². The molecule has 1 aromatic rings. The van der Waals surface area contributed by atoms with Crippen LogP contribution in [0.4, 0.5) is 0 Å². The molecule has 0 saturated heterocycles. The van der Waals surface area contributed by atoms with E-state index < -0.39 is 0 Å². The van der Waals surface area contributed by atoms with Gasteiger partial charge in [0, 0.05) is 16.6 Å². The number of hydrazine groups is 1. The molecule has 2 aliphatic rings. The molecule has 0 radical (unpaired) electrons. The zero-order valence-corrected chi connectivity index (χ0v) is 13.1. The fourth-order valence-corrected chi connectivity index (χ4v) is 3.74. The summed E-state index contributed by atoms with van der Waals surface area (Å²) < 4.78 is 0. The molecule has 21 heavy (non-hydrogen) atoms. The first-order valence-electron chi connectivity index (χ1n) is 7.24. The van der Waals surface area contributed by atoms with Crippen LogP contribution in [0.3, 0.4) is 0 Å². The second kappa shape index (κ2) is 6.20. The number of halogens is 1. The average molecular weight is 324 g/mol. The number of hydrogen-bond acceptors (Lipinski definition) is 2. The van der Waals surface area contributed by atoms with E-state index in [1.54, 1.807) is 24.3 Å². The number of hydrogen-bond donors (Lipinski definition) is 3. The number of rotatable bonds is 2. The Morgan fingerprint density at radius 3 is 2.52 bits per heavy atom. The lowest BCUT2D eigenvalue weighted by Crippen LogP contribution is -2.50. The van der Waals surface area contributed by atoms with E-state index in [-0.39, 0.29) is 5.91 Å². The lowest BCUT2D eigenvalue weighted by molar-refractivity contribution is 0.0943. The number of carbonyl (C=O) groups excluding carboxylic acids is 1. The van der Waals surface area contributed by atoms with Crippen LogP contribution in [0.1, 0.15) is 36.0 Å². The van der Waals surface area contributed by atoms with Crippen molar-refractivity contribution in [2.75, 3.05) is 0 Å². The Morgan fingerprint density at radius 2 is 1.90 bits per heavy atom. The molecule has 0 aliphatic heterocycles. The van der Waals surface area contributed by atoms with Crippen molar-refractivity contribution in [2.24, 2.45) is 11.8 Å². The SMILES string of the molecule is O=C(NNC(=S)N[C@H]1C[C@H]2CC[C@@H]1C2)c1ccc(Cl)cc1. The molecule has 1 aromatic carbocycles. The van der Waals surface area contributed by atoms with E-state index >= 15 is 0 Å². The maximum Gasteiger partial charge on any atom is 0.269 e. The number of carbonyl (C=O) groups is 1. The summed E-state index contributed by atoms with van der Waals surface area (Å²) in [5, 5.41) is 4.40. The van der Waals surface area contributed by atoms with Crippen LogP contribution >= 0.6 is 23.8 Å². The Balaban J connectivity index is 1.45. The van der Waals surface area contributed by atoms with Gasteiger partial charge < -0.3 is 5.32 Å². The molecular weight excluding hydrogens is 306 g/mol. The highest BCUT2D eigenvalue weighted by Crippen LogP contribution is 2.44. The minimum Gasteiger partial charge on any atom is -0.358 e. The number of thiocarbonyl (C=S) groups is 1. The largest absolute Gasteiger partial charge is 0.358 e. The standard InChI is InChI=1S/C15H18ClN3OS/c16-12-5-3-10(4-6-12)14(20)18-19-15(21)17-13-8-9-1-2-11(13)7-9/h3-6,9,11,13H,1-2,7-8H2,(H,18,20)(H2,17,19,21)/t9-,11+,13-/m0/s1. The van der Waals surface area contributed by atoms with Gasteiger partial charge >= 0.3 is 0 Å². The number of fused-ring (bicyclic) bond motifs is 2. The molecule has 0 aromatic heterocycles. The van der Waals surface area contributed by atoms with E-state index in [0.717, 1.165) is 11.8 Å². The third-order valence-corrected chi connectivity index (χ3v) is 4.92. The summed E-state index contributed by atoms with van der Waals surface area (Å²) in [5.74, 6) is 1.37. The fraction of sp³-hybridized carbons (Fsp3) is 0.467. The molecule has 3 rings (SSSR count). The Kier molecular flexibility index (Phi) is 4.31. The Labute approximate surface area is 134 Å². The van der Waals surface area contributed by atoms with Crippen LogP contribution in [0.5, 0.6) is 0 Å². The van der Waals surface area contributed by atoms with Crippen LogP contribution in [0.25, 0.3) is 0 Å². The van der Waals surface area contributed by atoms with E-state index in [4.69, 9.17) is 23.8 Å². The van der Waals surface area contributed by atoms with Gasteiger partial charge in [0.1, 0.15) is 0 Å². The molecule has 3 atom stereocenters. The first-order chi connectivity index (χ1) is 10.1. The van der Waals surface area contributed by atoms with Crippen LogP contribution in [-0.4, -0.2) is 17.1 Å². The monoisotopic (exact) mass is 323 g/mol. The molecule has 2 saturated carbocycles. The molecule has 1 amide bonds. The van der Waals surface area contributed by atoms with Crippen LogP contribution < -0.4 is 16.2 Å². The zero-order chi connectivity index (χ0) is 14.8. The summed E-state index contributed by atoms with van der Waals surface area (Å²) in [4.78, 5) is 11.9. The van der Waals surface area contributed by atoms with Crippen molar-refractivity contribution in [1.29, 1.82) is 0 Å². The van der Waals surface area contributed by atoms with Crippen molar-refractivity contribution in [3.8, 4) is 0 Å². The molecule has 2 fully saturated rings. The molecule has 3 N–H and O–H groups in total. The van der Waals surface area contributed by atoms with Crippen LogP contribution in [0.15, 0.2) is 24.3 Å². The van der Waals surface area contributed by atoms with Gasteiger partial charge in [-0.1, -0.05) is 18.0 Å². The summed E-state index contributed by atoms with van der Waals surface area (Å²) in [7, 11) is 0. The average Bonchev–Trinajstić information content (AvgIpc) is 3.08. The van der Waals surface area contributed by atoms with Crippen molar-refractivity contribution in [3.05, 3.63) is 34.9 Å². The van der Waals surface area contributed by atoms with Crippen molar-refractivity contribution in [3.63, 3.8) is 0 Å². The zero-order valence-electron chi connectivity index (χ0n) is 11.6. The van der Waals surface area contributed by atoms with Crippen molar-refractivity contribution >= 4 is 34.8 Å². The summed E-state index contributed by atoms with van der Waals surface area (Å²) in [6.45, 7) is 0. The van der Waals surface area contributed by atoms with Gasteiger partial charge in [-0.15, -0.1) is 0 Å². The summed E-state index contributed by atoms with van der Waals surface area (Å²) in [6.07, 6.45) is 5.16. The smallest absolute Gasteiger partial charge is 0.269 e. The maximum absolute atomic E-state index is 11.9. The molecule has 4 nitrogen and oxygen atoms in total. The predicted octanol–water partition coefficient (Wildman–Crippen LogP) is 2.64. The quantitative estimate of drug-likeness (QED) is 0.578. The fourth-order valence-electron chi connectivity index (χ4n) is 3.41. The van der Waals surface area contributed by atoms with E-state index in [1.807, 2.05) is 0 Å². The third-order valence-electron chi connectivity index (χ3n) is 4.45. The third kappa shape index (κ3) is 3.47. The lowest BCUT2D eigenvalue weighted by Gasteiger charge is -2.24. The predicted molar refractivity (Wildman–Crippen MR) is 87.0 cm³/mol.